The highest BCUT2D eigenvalue weighted by molar-refractivity contribution is 5.88. The molecule has 2 aliphatic carbocycles. The molecule has 0 spiro atoms. The third-order valence-corrected chi connectivity index (χ3v) is 5.23. The van der Waals surface area contributed by atoms with Gasteiger partial charge in [-0.15, -0.1) is 0 Å². The smallest absolute Gasteiger partial charge is 0.330 e. The van der Waals surface area contributed by atoms with Gasteiger partial charge in [-0.05, 0) is 30.0 Å². The average molecular weight is 375 g/mol. The van der Waals surface area contributed by atoms with Crippen LogP contribution in [0.1, 0.15) is 47.7 Å². The number of carboxylic acid groups (broad SMARTS) is 1. The summed E-state index contributed by atoms with van der Waals surface area (Å²) in [4.78, 5) is 24.5. The van der Waals surface area contributed by atoms with Crippen LogP contribution in [0.25, 0.3) is 0 Å². The Balaban J connectivity index is 1.53. The van der Waals surface area contributed by atoms with E-state index in [1.54, 1.807) is 0 Å². The normalized spacial score (nSPS) is 17.7. The second kappa shape index (κ2) is 6.44. The summed E-state index contributed by atoms with van der Waals surface area (Å²) in [5.41, 5.74) is 0.612. The molecule has 1 heterocycles. The summed E-state index contributed by atoms with van der Waals surface area (Å²) in [6, 6.07) is 8.69. The number of carbonyl (C=O) groups is 2. The molecule has 6 nitrogen and oxygen atoms in total. The van der Waals surface area contributed by atoms with E-state index in [0.717, 1.165) is 24.0 Å². The monoisotopic (exact) mass is 375 g/mol. The number of carboxylic acids is 1. The van der Waals surface area contributed by atoms with Crippen LogP contribution in [-0.4, -0.2) is 32.3 Å². The number of fused-ring (bicyclic) bond motifs is 1. The van der Waals surface area contributed by atoms with Gasteiger partial charge in [0.15, 0.2) is 0 Å². The lowest BCUT2D eigenvalue weighted by Crippen LogP contribution is -2.56. The molecule has 1 fully saturated rings. The highest BCUT2D eigenvalue weighted by Crippen LogP contribution is 2.41. The third-order valence-electron chi connectivity index (χ3n) is 5.23. The van der Waals surface area contributed by atoms with Crippen molar-refractivity contribution in [1.29, 1.82) is 0 Å². The van der Waals surface area contributed by atoms with E-state index >= 15 is 0 Å². The summed E-state index contributed by atoms with van der Waals surface area (Å²) >= 11 is 0. The molecule has 4 rings (SSSR count). The summed E-state index contributed by atoms with van der Waals surface area (Å²) in [5, 5.41) is 16.2. The van der Waals surface area contributed by atoms with E-state index in [2.05, 4.69) is 10.4 Å². The molecule has 2 N–H and O–H groups in total. The first kappa shape index (κ1) is 17.6. The lowest BCUT2D eigenvalue weighted by atomic mass is 9.95. The molecule has 2 aliphatic rings. The van der Waals surface area contributed by atoms with Gasteiger partial charge in [-0.3, -0.25) is 9.48 Å². The maximum absolute atomic E-state index is 13.0. The molecule has 0 atom stereocenters. The highest BCUT2D eigenvalue weighted by Gasteiger charge is 2.45. The van der Waals surface area contributed by atoms with Gasteiger partial charge in [-0.1, -0.05) is 24.3 Å². The molecule has 8 heteroatoms. The van der Waals surface area contributed by atoms with Crippen LogP contribution in [0.3, 0.4) is 0 Å². The average Bonchev–Trinajstić information content (AvgIpc) is 3.25. The zero-order valence-corrected chi connectivity index (χ0v) is 14.5. The Hall–Kier alpha value is -2.77. The number of amides is 1. The number of rotatable bonds is 6. The Labute approximate surface area is 154 Å². The van der Waals surface area contributed by atoms with E-state index in [1.165, 1.54) is 10.7 Å². The first-order valence-electron chi connectivity index (χ1n) is 8.85. The lowest BCUT2D eigenvalue weighted by Gasteiger charge is -2.25. The topological polar surface area (TPSA) is 84.2 Å². The van der Waals surface area contributed by atoms with Crippen LogP contribution >= 0.6 is 0 Å². The minimum Gasteiger partial charge on any atom is -0.479 e. The number of aromatic nitrogens is 2. The summed E-state index contributed by atoms with van der Waals surface area (Å²) in [5.74, 6) is -1.51. The molecule has 1 aromatic carbocycles. The van der Waals surface area contributed by atoms with Crippen LogP contribution in [-0.2, 0) is 29.0 Å². The van der Waals surface area contributed by atoms with E-state index in [-0.39, 0.29) is 31.0 Å². The predicted octanol–water partition coefficient (Wildman–Crippen LogP) is 2.44. The van der Waals surface area contributed by atoms with Gasteiger partial charge in [0.05, 0.1) is 0 Å². The van der Waals surface area contributed by atoms with E-state index in [1.807, 2.05) is 24.3 Å². The van der Waals surface area contributed by atoms with E-state index < -0.39 is 23.8 Å². The molecule has 0 radical (unpaired) electrons. The summed E-state index contributed by atoms with van der Waals surface area (Å²) in [6.07, 6.45) is -0.557. The first-order chi connectivity index (χ1) is 12.9. The van der Waals surface area contributed by atoms with Crippen LogP contribution in [0, 0.1) is 0 Å². The number of aliphatic carboxylic acids is 1. The number of nitrogens with zero attached hydrogens (tertiary/aromatic N) is 2. The number of hydrogen-bond donors (Lipinski definition) is 2. The Morgan fingerprint density at radius 2 is 1.89 bits per heavy atom. The summed E-state index contributed by atoms with van der Waals surface area (Å²) in [6.45, 7) is -0.274. The Bertz CT molecular complexity index is 880. The molecule has 142 valence electrons. The summed E-state index contributed by atoms with van der Waals surface area (Å²) < 4.78 is 27.2. The van der Waals surface area contributed by atoms with Gasteiger partial charge in [0.2, 0.25) is 5.91 Å². The van der Waals surface area contributed by atoms with Gasteiger partial charge in [0.25, 0.3) is 6.43 Å². The number of carbonyl (C=O) groups excluding carboxylic acids is 1. The van der Waals surface area contributed by atoms with Crippen LogP contribution in [0.15, 0.2) is 30.3 Å². The molecule has 0 saturated heterocycles. The Morgan fingerprint density at radius 1 is 1.26 bits per heavy atom. The lowest BCUT2D eigenvalue weighted by molar-refractivity contribution is -0.147. The minimum absolute atomic E-state index is 0.141. The zero-order chi connectivity index (χ0) is 19.2. The molecule has 1 aromatic heterocycles. The van der Waals surface area contributed by atoms with Crippen molar-refractivity contribution in [2.75, 3.05) is 0 Å². The third kappa shape index (κ3) is 3.31. The van der Waals surface area contributed by atoms with Crippen molar-refractivity contribution in [3.05, 3.63) is 52.8 Å². The Kier molecular flexibility index (Phi) is 4.20. The fraction of sp³-hybridized carbons (Fsp3) is 0.421. The van der Waals surface area contributed by atoms with E-state index in [4.69, 9.17) is 0 Å². The molecule has 1 saturated carbocycles. The molecular weight excluding hydrogens is 356 g/mol. The van der Waals surface area contributed by atoms with Gasteiger partial charge >= 0.3 is 5.97 Å². The largest absolute Gasteiger partial charge is 0.479 e. The fourth-order valence-electron chi connectivity index (χ4n) is 3.74. The van der Waals surface area contributed by atoms with Crippen molar-refractivity contribution < 1.29 is 23.5 Å². The van der Waals surface area contributed by atoms with Gasteiger partial charge in [-0.25, -0.2) is 13.6 Å². The van der Waals surface area contributed by atoms with E-state index in [0.29, 0.717) is 5.69 Å². The van der Waals surface area contributed by atoms with Gasteiger partial charge in [-0.2, -0.15) is 5.10 Å². The SMILES string of the molecule is O=C(Cn1nc(C(F)F)cc1C1CC1)NC1(C(=O)O)Cc2ccccc2C1. The molecule has 0 bridgehead atoms. The number of alkyl halides is 2. The van der Waals surface area contributed by atoms with Gasteiger partial charge < -0.3 is 10.4 Å². The van der Waals surface area contributed by atoms with Crippen LogP contribution in [0.2, 0.25) is 0 Å². The molecule has 1 amide bonds. The summed E-state index contributed by atoms with van der Waals surface area (Å²) in [7, 11) is 0. The standard InChI is InChI=1S/C19H19F2N3O3/c20-17(21)14-7-15(11-5-6-11)24(23-14)10-16(25)22-19(18(26)27)8-12-3-1-2-4-13(12)9-19/h1-4,7,11,17H,5-6,8-10H2,(H,22,25)(H,26,27). The van der Waals surface area contributed by atoms with Crippen LogP contribution in [0.5, 0.6) is 0 Å². The number of halogens is 2. The molecule has 0 aliphatic heterocycles. The molecular formula is C19H19F2N3O3. The highest BCUT2D eigenvalue weighted by atomic mass is 19.3. The van der Waals surface area contributed by atoms with Gasteiger partial charge in [0, 0.05) is 24.5 Å². The quantitative estimate of drug-likeness (QED) is 0.812. The predicted molar refractivity (Wildman–Crippen MR) is 91.5 cm³/mol. The molecule has 27 heavy (non-hydrogen) atoms. The van der Waals surface area contributed by atoms with Crippen molar-refractivity contribution in [1.82, 2.24) is 15.1 Å². The van der Waals surface area contributed by atoms with Gasteiger partial charge in [0.1, 0.15) is 17.8 Å². The zero-order valence-electron chi connectivity index (χ0n) is 14.5. The molecule has 2 aromatic rings. The van der Waals surface area contributed by atoms with Crippen LogP contribution in [0.4, 0.5) is 8.78 Å². The van der Waals surface area contributed by atoms with Crippen molar-refractivity contribution in [2.45, 2.75) is 50.1 Å². The Morgan fingerprint density at radius 3 is 2.41 bits per heavy atom. The van der Waals surface area contributed by atoms with Crippen molar-refractivity contribution in [2.24, 2.45) is 0 Å². The van der Waals surface area contributed by atoms with Crippen molar-refractivity contribution in [3.63, 3.8) is 0 Å². The fourth-order valence-corrected chi connectivity index (χ4v) is 3.74. The van der Waals surface area contributed by atoms with Crippen molar-refractivity contribution >= 4 is 11.9 Å². The van der Waals surface area contributed by atoms with Crippen molar-refractivity contribution in [3.8, 4) is 0 Å². The first-order valence-corrected chi connectivity index (χ1v) is 8.85. The second-order valence-corrected chi connectivity index (χ2v) is 7.28. The number of benzene rings is 1. The molecule has 0 unspecified atom stereocenters. The minimum atomic E-state index is -2.71. The second-order valence-electron chi connectivity index (χ2n) is 7.28. The number of nitrogens with one attached hydrogen (secondary N) is 1. The maximum Gasteiger partial charge on any atom is 0.330 e. The number of hydrogen-bond acceptors (Lipinski definition) is 3. The van der Waals surface area contributed by atoms with E-state index in [9.17, 15) is 23.5 Å². The van der Waals surface area contributed by atoms with Crippen LogP contribution < -0.4 is 5.32 Å². The maximum atomic E-state index is 13.0.